The zero-order chi connectivity index (χ0) is 27.8. The SMILES string of the molecule is C=CCN1C(=O)C(=c2sc3n(c2=O)C(c2ccc(OC(C)=O)cc2)C(C(=O)OCC)=C(C)N=3)c2ccccc21. The molecule has 0 N–H and O–H groups in total. The average molecular weight is 544 g/mol. The normalized spacial score (nSPS) is 17.4. The summed E-state index contributed by atoms with van der Waals surface area (Å²) in [4.78, 5) is 58.7. The largest absolute Gasteiger partial charge is 0.463 e. The number of hydrogen-bond acceptors (Lipinski definition) is 8. The van der Waals surface area contributed by atoms with Gasteiger partial charge in [-0.15, -0.1) is 6.58 Å². The lowest BCUT2D eigenvalue weighted by Crippen LogP contribution is -2.41. The van der Waals surface area contributed by atoms with E-state index in [2.05, 4.69) is 11.6 Å². The number of allylic oxidation sites excluding steroid dienone is 1. The van der Waals surface area contributed by atoms with Crippen LogP contribution in [0.25, 0.3) is 5.57 Å². The van der Waals surface area contributed by atoms with Crippen LogP contribution < -0.4 is 24.5 Å². The van der Waals surface area contributed by atoms with Crippen molar-refractivity contribution in [1.82, 2.24) is 4.57 Å². The number of benzene rings is 2. The fourth-order valence-electron chi connectivity index (χ4n) is 4.85. The molecule has 9 nitrogen and oxygen atoms in total. The number of carbonyl (C=O) groups is 3. The molecular formula is C29H25N3O6S. The van der Waals surface area contributed by atoms with Crippen molar-refractivity contribution in [2.45, 2.75) is 26.8 Å². The van der Waals surface area contributed by atoms with Gasteiger partial charge in [0, 0.05) is 19.0 Å². The lowest BCUT2D eigenvalue weighted by atomic mass is 9.96. The Morgan fingerprint density at radius 3 is 2.51 bits per heavy atom. The third-order valence-corrected chi connectivity index (χ3v) is 7.47. The van der Waals surface area contributed by atoms with Crippen LogP contribution in [0.2, 0.25) is 0 Å². The van der Waals surface area contributed by atoms with Crippen LogP contribution in [0.4, 0.5) is 5.69 Å². The van der Waals surface area contributed by atoms with Crippen molar-refractivity contribution in [1.29, 1.82) is 0 Å². The third kappa shape index (κ3) is 4.42. The fraction of sp³-hybridized carbons (Fsp3) is 0.207. The van der Waals surface area contributed by atoms with E-state index in [1.807, 2.05) is 24.3 Å². The number of hydrogen-bond donors (Lipinski definition) is 0. The van der Waals surface area contributed by atoms with Crippen molar-refractivity contribution in [2.75, 3.05) is 18.1 Å². The van der Waals surface area contributed by atoms with E-state index in [-0.39, 0.29) is 22.6 Å². The van der Waals surface area contributed by atoms with E-state index in [1.165, 1.54) is 11.5 Å². The summed E-state index contributed by atoms with van der Waals surface area (Å²) in [6.45, 7) is 8.89. The highest BCUT2D eigenvalue weighted by molar-refractivity contribution is 7.07. The summed E-state index contributed by atoms with van der Waals surface area (Å²) in [5.41, 5.74) is 2.41. The van der Waals surface area contributed by atoms with Gasteiger partial charge < -0.3 is 14.4 Å². The molecule has 10 heteroatoms. The maximum Gasteiger partial charge on any atom is 0.338 e. The molecule has 0 radical (unpaired) electrons. The van der Waals surface area contributed by atoms with Gasteiger partial charge in [0.25, 0.3) is 11.5 Å². The maximum atomic E-state index is 14.1. The smallest absolute Gasteiger partial charge is 0.338 e. The highest BCUT2D eigenvalue weighted by atomic mass is 32.1. The number of fused-ring (bicyclic) bond motifs is 2. The van der Waals surface area contributed by atoms with E-state index >= 15 is 0 Å². The number of thiazole rings is 1. The first-order valence-corrected chi connectivity index (χ1v) is 13.1. The number of carbonyl (C=O) groups excluding carboxylic acids is 3. The molecule has 1 amide bonds. The van der Waals surface area contributed by atoms with Gasteiger partial charge in [0.1, 0.15) is 10.3 Å². The summed E-state index contributed by atoms with van der Waals surface area (Å²) in [7, 11) is 0. The molecule has 5 rings (SSSR count). The Labute approximate surface area is 227 Å². The molecule has 1 atom stereocenters. The number of anilines is 1. The molecule has 0 aliphatic carbocycles. The summed E-state index contributed by atoms with van der Waals surface area (Å²) in [6.07, 6.45) is 1.63. The highest BCUT2D eigenvalue weighted by Crippen LogP contribution is 2.35. The molecule has 0 bridgehead atoms. The molecule has 0 spiro atoms. The van der Waals surface area contributed by atoms with Crippen LogP contribution in [0.5, 0.6) is 5.75 Å². The summed E-state index contributed by atoms with van der Waals surface area (Å²) in [5, 5.41) is 0. The molecule has 0 saturated heterocycles. The maximum absolute atomic E-state index is 14.1. The molecule has 3 heterocycles. The third-order valence-electron chi connectivity index (χ3n) is 6.41. The predicted molar refractivity (Wildman–Crippen MR) is 146 cm³/mol. The Kier molecular flexibility index (Phi) is 6.88. The Balaban J connectivity index is 1.77. The molecular weight excluding hydrogens is 518 g/mol. The van der Waals surface area contributed by atoms with Gasteiger partial charge in [0.05, 0.1) is 35.2 Å². The number of rotatable bonds is 6. The number of para-hydroxylation sites is 1. The Bertz CT molecular complexity index is 1750. The minimum atomic E-state index is -0.864. The molecule has 0 saturated carbocycles. The van der Waals surface area contributed by atoms with E-state index in [0.717, 1.165) is 11.3 Å². The first-order chi connectivity index (χ1) is 18.8. The first-order valence-electron chi connectivity index (χ1n) is 12.3. The molecule has 0 fully saturated rings. The van der Waals surface area contributed by atoms with E-state index in [1.54, 1.807) is 49.1 Å². The van der Waals surface area contributed by atoms with Gasteiger partial charge in [-0.05, 0) is 37.6 Å². The molecule has 3 aromatic rings. The lowest BCUT2D eigenvalue weighted by Gasteiger charge is -2.24. The number of amides is 1. The summed E-state index contributed by atoms with van der Waals surface area (Å²) in [5.74, 6) is -1.03. The van der Waals surface area contributed by atoms with Gasteiger partial charge in [-0.25, -0.2) is 9.79 Å². The number of nitrogens with zero attached hydrogens (tertiary/aromatic N) is 3. The first kappa shape index (κ1) is 26.1. The van der Waals surface area contributed by atoms with Gasteiger partial charge in [0.15, 0.2) is 4.80 Å². The standard InChI is InChI=1S/C29H25N3O6S/c1-5-15-31-21-10-8-7-9-20(21)23(26(31)34)25-27(35)32-24(18-11-13-19(14-12-18)38-17(4)33)22(28(36)37-6-2)16(3)30-29(32)39-25/h5,7-14,24H,1,6,15H2,2-4H3. The summed E-state index contributed by atoms with van der Waals surface area (Å²) >= 11 is 1.11. The quantitative estimate of drug-likeness (QED) is 0.269. The van der Waals surface area contributed by atoms with Gasteiger partial charge in [0.2, 0.25) is 0 Å². The van der Waals surface area contributed by atoms with Crippen molar-refractivity contribution in [3.63, 3.8) is 0 Å². The van der Waals surface area contributed by atoms with Gasteiger partial charge in [-0.1, -0.05) is 47.7 Å². The zero-order valence-corrected chi connectivity index (χ0v) is 22.4. The minimum absolute atomic E-state index is 0.146. The molecule has 1 aromatic heterocycles. The Morgan fingerprint density at radius 2 is 1.85 bits per heavy atom. The summed E-state index contributed by atoms with van der Waals surface area (Å²) in [6, 6.07) is 13.0. The van der Waals surface area contributed by atoms with Crippen molar-refractivity contribution < 1.29 is 23.9 Å². The van der Waals surface area contributed by atoms with Gasteiger partial charge in [-0.3, -0.25) is 19.0 Å². The number of aromatic nitrogens is 1. The second kappa shape index (κ2) is 10.3. The molecule has 2 aliphatic rings. The Morgan fingerprint density at radius 1 is 1.13 bits per heavy atom. The molecule has 2 aliphatic heterocycles. The lowest BCUT2D eigenvalue weighted by molar-refractivity contribution is -0.139. The van der Waals surface area contributed by atoms with Crippen molar-refractivity contribution >= 4 is 40.4 Å². The second-order valence-corrected chi connectivity index (χ2v) is 9.86. The van der Waals surface area contributed by atoms with Crippen LogP contribution in [-0.4, -0.2) is 35.6 Å². The predicted octanol–water partition coefficient (Wildman–Crippen LogP) is 2.63. The second-order valence-electron chi connectivity index (χ2n) is 8.88. The van der Waals surface area contributed by atoms with Crippen molar-refractivity contribution in [3.8, 4) is 5.75 Å². The monoisotopic (exact) mass is 543 g/mol. The molecule has 2 aromatic carbocycles. The van der Waals surface area contributed by atoms with Crippen molar-refractivity contribution in [2.24, 2.45) is 4.99 Å². The zero-order valence-electron chi connectivity index (χ0n) is 21.6. The average Bonchev–Trinajstić information content (AvgIpc) is 3.36. The molecule has 198 valence electrons. The van der Waals surface area contributed by atoms with E-state index in [0.29, 0.717) is 45.2 Å². The van der Waals surface area contributed by atoms with Gasteiger partial charge >= 0.3 is 11.9 Å². The van der Waals surface area contributed by atoms with Gasteiger partial charge in [-0.2, -0.15) is 0 Å². The van der Waals surface area contributed by atoms with E-state index < -0.39 is 23.5 Å². The van der Waals surface area contributed by atoms with Crippen LogP contribution >= 0.6 is 11.3 Å². The summed E-state index contributed by atoms with van der Waals surface area (Å²) < 4.78 is 12.1. The van der Waals surface area contributed by atoms with Crippen LogP contribution in [-0.2, 0) is 19.1 Å². The molecule has 1 unspecified atom stereocenters. The number of esters is 2. The van der Waals surface area contributed by atoms with Crippen LogP contribution in [0.1, 0.15) is 37.9 Å². The van der Waals surface area contributed by atoms with E-state index in [9.17, 15) is 19.2 Å². The highest BCUT2D eigenvalue weighted by Gasteiger charge is 2.37. The van der Waals surface area contributed by atoms with Crippen LogP contribution in [0, 0.1) is 0 Å². The minimum Gasteiger partial charge on any atom is -0.463 e. The van der Waals surface area contributed by atoms with E-state index in [4.69, 9.17) is 9.47 Å². The molecule has 39 heavy (non-hydrogen) atoms. The fourth-order valence-corrected chi connectivity index (χ4v) is 5.99. The number of ether oxygens (including phenoxy) is 2. The van der Waals surface area contributed by atoms with Crippen molar-refractivity contribution in [3.05, 3.63) is 103 Å². The van der Waals surface area contributed by atoms with Crippen LogP contribution in [0.3, 0.4) is 0 Å². The topological polar surface area (TPSA) is 107 Å². The Hall–Kier alpha value is -4.57. The van der Waals surface area contributed by atoms with Crippen LogP contribution in [0.15, 0.2) is 82.2 Å².